The van der Waals surface area contributed by atoms with Gasteiger partial charge in [-0.15, -0.1) is 11.3 Å². The average Bonchev–Trinajstić information content (AvgIpc) is 2.80. The molecular formula is C15H26N2O2S. The molecule has 0 aromatic carbocycles. The van der Waals surface area contributed by atoms with Gasteiger partial charge in [-0.25, -0.2) is 9.78 Å². The standard InChI is InChI=1S/C15H26N2O2S/c1-4-7-12-14(15(18)19)20-13(16-12)8-11-17(9-5-2)10-6-3/h4-11H2,1-3H3,(H,18,19). The van der Waals surface area contributed by atoms with E-state index in [1.807, 2.05) is 0 Å². The molecule has 0 saturated carbocycles. The van der Waals surface area contributed by atoms with Gasteiger partial charge in [-0.2, -0.15) is 0 Å². The van der Waals surface area contributed by atoms with Crippen LogP contribution in [0.3, 0.4) is 0 Å². The maximum absolute atomic E-state index is 11.2. The van der Waals surface area contributed by atoms with Crippen molar-refractivity contribution in [1.29, 1.82) is 0 Å². The molecule has 0 spiro atoms. The molecule has 0 saturated heterocycles. The summed E-state index contributed by atoms with van der Waals surface area (Å²) in [6, 6.07) is 0. The van der Waals surface area contributed by atoms with E-state index in [2.05, 4.69) is 30.7 Å². The molecule has 114 valence electrons. The number of carboxylic acids is 1. The number of carboxylic acid groups (broad SMARTS) is 1. The first-order valence-corrected chi connectivity index (χ1v) is 8.38. The number of carbonyl (C=O) groups is 1. The molecule has 5 heteroatoms. The van der Waals surface area contributed by atoms with E-state index >= 15 is 0 Å². The van der Waals surface area contributed by atoms with Crippen LogP contribution < -0.4 is 0 Å². The Bertz CT molecular complexity index is 412. The van der Waals surface area contributed by atoms with Crippen molar-refractivity contribution < 1.29 is 9.90 Å². The van der Waals surface area contributed by atoms with Gasteiger partial charge in [0.1, 0.15) is 4.88 Å². The summed E-state index contributed by atoms with van der Waals surface area (Å²) in [6.07, 6.45) is 4.85. The van der Waals surface area contributed by atoms with Crippen LogP contribution in [0.2, 0.25) is 0 Å². The van der Waals surface area contributed by atoms with E-state index in [1.165, 1.54) is 11.3 Å². The Balaban J connectivity index is 2.67. The average molecular weight is 298 g/mol. The fraction of sp³-hybridized carbons (Fsp3) is 0.733. The number of hydrogen-bond acceptors (Lipinski definition) is 4. The number of hydrogen-bond donors (Lipinski definition) is 1. The van der Waals surface area contributed by atoms with Crippen LogP contribution in [0.1, 0.15) is 60.4 Å². The van der Waals surface area contributed by atoms with Gasteiger partial charge in [0.25, 0.3) is 0 Å². The van der Waals surface area contributed by atoms with Crippen molar-refractivity contribution in [2.45, 2.75) is 52.9 Å². The van der Waals surface area contributed by atoms with Crippen molar-refractivity contribution in [2.24, 2.45) is 0 Å². The Morgan fingerprint density at radius 2 is 1.75 bits per heavy atom. The highest BCUT2D eigenvalue weighted by Gasteiger charge is 2.16. The lowest BCUT2D eigenvalue weighted by atomic mass is 10.2. The fourth-order valence-electron chi connectivity index (χ4n) is 2.30. The van der Waals surface area contributed by atoms with E-state index in [9.17, 15) is 9.90 Å². The smallest absolute Gasteiger partial charge is 0.347 e. The first kappa shape index (κ1) is 17.1. The topological polar surface area (TPSA) is 53.4 Å². The van der Waals surface area contributed by atoms with Gasteiger partial charge >= 0.3 is 5.97 Å². The van der Waals surface area contributed by atoms with E-state index in [0.717, 1.165) is 62.4 Å². The molecule has 0 radical (unpaired) electrons. The summed E-state index contributed by atoms with van der Waals surface area (Å²) < 4.78 is 0. The van der Waals surface area contributed by atoms with Crippen molar-refractivity contribution in [2.75, 3.05) is 19.6 Å². The van der Waals surface area contributed by atoms with Gasteiger partial charge in [0.15, 0.2) is 0 Å². The van der Waals surface area contributed by atoms with Crippen LogP contribution in [-0.4, -0.2) is 40.6 Å². The van der Waals surface area contributed by atoms with Crippen LogP contribution >= 0.6 is 11.3 Å². The zero-order valence-electron chi connectivity index (χ0n) is 12.8. The third-order valence-electron chi connectivity index (χ3n) is 3.14. The highest BCUT2D eigenvalue weighted by molar-refractivity contribution is 7.13. The maximum atomic E-state index is 11.2. The fourth-order valence-corrected chi connectivity index (χ4v) is 3.24. The minimum atomic E-state index is -0.837. The molecule has 1 heterocycles. The summed E-state index contributed by atoms with van der Waals surface area (Å²) in [6.45, 7) is 9.61. The lowest BCUT2D eigenvalue weighted by molar-refractivity contribution is 0.0700. The lowest BCUT2D eigenvalue weighted by Gasteiger charge is -2.19. The molecule has 1 rings (SSSR count). The van der Waals surface area contributed by atoms with E-state index in [1.54, 1.807) is 0 Å². The number of aryl methyl sites for hydroxylation is 1. The van der Waals surface area contributed by atoms with Crippen LogP contribution in [0.5, 0.6) is 0 Å². The number of aromatic nitrogens is 1. The second-order valence-electron chi connectivity index (χ2n) is 5.03. The molecular weight excluding hydrogens is 272 g/mol. The lowest BCUT2D eigenvalue weighted by Crippen LogP contribution is -2.27. The third kappa shape index (κ3) is 5.21. The molecule has 0 atom stereocenters. The number of thiazole rings is 1. The van der Waals surface area contributed by atoms with Crippen LogP contribution in [0.15, 0.2) is 0 Å². The Kier molecular flexibility index (Phi) is 7.77. The second kappa shape index (κ2) is 9.08. The second-order valence-corrected chi connectivity index (χ2v) is 6.11. The van der Waals surface area contributed by atoms with E-state index < -0.39 is 5.97 Å². The quantitative estimate of drug-likeness (QED) is 0.718. The van der Waals surface area contributed by atoms with Gasteiger partial charge in [-0.3, -0.25) is 0 Å². The van der Waals surface area contributed by atoms with Crippen molar-refractivity contribution in [3.63, 3.8) is 0 Å². The largest absolute Gasteiger partial charge is 0.477 e. The molecule has 1 aromatic rings. The summed E-state index contributed by atoms with van der Waals surface area (Å²) >= 11 is 1.35. The van der Waals surface area contributed by atoms with Crippen molar-refractivity contribution in [3.8, 4) is 0 Å². The predicted octanol–water partition coefficient (Wildman–Crippen LogP) is 3.46. The van der Waals surface area contributed by atoms with Crippen LogP contribution in [0, 0.1) is 0 Å². The summed E-state index contributed by atoms with van der Waals surface area (Å²) in [5.41, 5.74) is 0.762. The van der Waals surface area contributed by atoms with Gasteiger partial charge < -0.3 is 10.0 Å². The number of rotatable bonds is 10. The maximum Gasteiger partial charge on any atom is 0.347 e. The van der Waals surface area contributed by atoms with Gasteiger partial charge in [0.05, 0.1) is 10.7 Å². The Morgan fingerprint density at radius 3 is 2.25 bits per heavy atom. The monoisotopic (exact) mass is 298 g/mol. The summed E-state index contributed by atoms with van der Waals surface area (Å²) in [4.78, 5) is 18.6. The summed E-state index contributed by atoms with van der Waals surface area (Å²) in [7, 11) is 0. The molecule has 20 heavy (non-hydrogen) atoms. The molecule has 0 amide bonds. The molecule has 1 aromatic heterocycles. The van der Waals surface area contributed by atoms with E-state index in [0.29, 0.717) is 4.88 Å². The van der Waals surface area contributed by atoms with Crippen molar-refractivity contribution in [1.82, 2.24) is 9.88 Å². The van der Waals surface area contributed by atoms with Crippen LogP contribution in [0.4, 0.5) is 0 Å². The van der Waals surface area contributed by atoms with Gasteiger partial charge in [-0.05, 0) is 32.4 Å². The molecule has 4 nitrogen and oxygen atoms in total. The van der Waals surface area contributed by atoms with E-state index in [-0.39, 0.29) is 0 Å². The van der Waals surface area contributed by atoms with Gasteiger partial charge in [0, 0.05) is 13.0 Å². The van der Waals surface area contributed by atoms with E-state index in [4.69, 9.17) is 0 Å². The van der Waals surface area contributed by atoms with Crippen LogP contribution in [-0.2, 0) is 12.8 Å². The van der Waals surface area contributed by atoms with Crippen molar-refractivity contribution >= 4 is 17.3 Å². The third-order valence-corrected chi connectivity index (χ3v) is 4.29. The molecule has 0 bridgehead atoms. The normalized spacial score (nSPS) is 11.2. The zero-order valence-corrected chi connectivity index (χ0v) is 13.6. The number of aromatic carboxylic acids is 1. The Labute approximate surface area is 125 Å². The molecule has 1 N–H and O–H groups in total. The van der Waals surface area contributed by atoms with Crippen molar-refractivity contribution in [3.05, 3.63) is 15.6 Å². The Hall–Kier alpha value is -0.940. The Morgan fingerprint density at radius 1 is 1.10 bits per heavy atom. The SMILES string of the molecule is CCCc1nc(CCN(CCC)CCC)sc1C(=O)O. The zero-order chi connectivity index (χ0) is 15.0. The molecule has 0 unspecified atom stereocenters. The molecule has 0 fully saturated rings. The molecule has 0 aliphatic heterocycles. The van der Waals surface area contributed by atoms with Gasteiger partial charge in [0.2, 0.25) is 0 Å². The predicted molar refractivity (Wildman–Crippen MR) is 83.8 cm³/mol. The highest BCUT2D eigenvalue weighted by atomic mass is 32.1. The first-order chi connectivity index (χ1) is 9.62. The summed E-state index contributed by atoms with van der Waals surface area (Å²) in [5.74, 6) is -0.837. The van der Waals surface area contributed by atoms with Crippen LogP contribution in [0.25, 0.3) is 0 Å². The molecule has 0 aliphatic rings. The number of nitrogens with zero attached hydrogens (tertiary/aromatic N) is 2. The summed E-state index contributed by atoms with van der Waals surface area (Å²) in [5, 5.41) is 10.2. The minimum absolute atomic E-state index is 0.430. The minimum Gasteiger partial charge on any atom is -0.477 e. The highest BCUT2D eigenvalue weighted by Crippen LogP contribution is 2.21. The molecule has 0 aliphatic carbocycles. The first-order valence-electron chi connectivity index (χ1n) is 7.56. The van der Waals surface area contributed by atoms with Gasteiger partial charge in [-0.1, -0.05) is 27.2 Å².